The topological polar surface area (TPSA) is 18.5 Å². The molecule has 2 aliphatic rings. The van der Waals surface area contributed by atoms with Crippen molar-refractivity contribution in [2.45, 2.75) is 131 Å². The summed E-state index contributed by atoms with van der Waals surface area (Å²) < 4.78 is 43.0. The van der Waals surface area contributed by atoms with E-state index >= 15 is 0 Å². The molecule has 2 aromatic rings. The molecule has 2 aliphatic carbocycles. The molecular formula is C32H54Br2F2O2SSi2. The van der Waals surface area contributed by atoms with Crippen molar-refractivity contribution in [1.29, 1.82) is 0 Å². The summed E-state index contributed by atoms with van der Waals surface area (Å²) in [6, 6.07) is 6.66. The molecule has 0 amide bonds. The average Bonchev–Trinajstić information content (AvgIpc) is 3.38. The van der Waals surface area contributed by atoms with Crippen molar-refractivity contribution in [3.63, 3.8) is 0 Å². The van der Waals surface area contributed by atoms with E-state index in [4.69, 9.17) is 8.85 Å². The zero-order valence-electron chi connectivity index (χ0n) is 25.1. The molecule has 0 unspecified atom stereocenters. The van der Waals surface area contributed by atoms with Gasteiger partial charge in [-0.2, -0.15) is 13.5 Å². The second-order valence-corrected chi connectivity index (χ2v) is 24.9. The fourth-order valence-electron chi connectivity index (χ4n) is 4.56. The number of hydrogen-bond acceptors (Lipinski definition) is 2. The zero-order valence-corrected chi connectivity index (χ0v) is 31.3. The van der Waals surface area contributed by atoms with Crippen molar-refractivity contribution in [1.82, 2.24) is 0 Å². The van der Waals surface area contributed by atoms with Gasteiger partial charge in [-0.25, -0.2) is 8.78 Å². The van der Waals surface area contributed by atoms with Crippen LogP contribution in [0.4, 0.5) is 8.78 Å². The van der Waals surface area contributed by atoms with Crippen LogP contribution in [0.25, 0.3) is 0 Å². The molecule has 0 N–H and O–H groups in total. The summed E-state index contributed by atoms with van der Waals surface area (Å²) in [5.41, 5.74) is 3.73. The fourth-order valence-corrected chi connectivity index (χ4v) is 8.25. The van der Waals surface area contributed by atoms with Crippen LogP contribution >= 0.6 is 45.4 Å². The average molecular weight is 757 g/mol. The van der Waals surface area contributed by atoms with E-state index in [0.29, 0.717) is 0 Å². The molecule has 9 heteroatoms. The van der Waals surface area contributed by atoms with E-state index in [-0.39, 0.29) is 62.3 Å². The summed E-state index contributed by atoms with van der Waals surface area (Å²) in [5.74, 6) is -0.251. The largest absolute Gasteiger partial charge is 0.410 e. The summed E-state index contributed by atoms with van der Waals surface area (Å²) in [5, 5.41) is 0.302. The van der Waals surface area contributed by atoms with Gasteiger partial charge >= 0.3 is 0 Å². The van der Waals surface area contributed by atoms with Gasteiger partial charge in [0.25, 0.3) is 0 Å². The lowest BCUT2D eigenvalue weighted by atomic mass is 10.1. The van der Waals surface area contributed by atoms with E-state index < -0.39 is 16.6 Å². The molecule has 2 atom stereocenters. The monoisotopic (exact) mass is 754 g/mol. The molecule has 41 heavy (non-hydrogen) atoms. The van der Waals surface area contributed by atoms with E-state index in [1.165, 1.54) is 12.1 Å². The van der Waals surface area contributed by atoms with Crippen molar-refractivity contribution >= 4 is 62.0 Å². The van der Waals surface area contributed by atoms with Gasteiger partial charge in [0.2, 0.25) is 0 Å². The van der Waals surface area contributed by atoms with Crippen LogP contribution in [0.15, 0.2) is 33.2 Å². The van der Waals surface area contributed by atoms with Gasteiger partial charge in [-0.05, 0) is 97.3 Å². The fraction of sp³-hybridized carbons (Fsp3) is 0.625. The maximum absolute atomic E-state index is 14.1. The molecule has 2 aromatic carbocycles. The third kappa shape index (κ3) is 9.01. The van der Waals surface area contributed by atoms with Crippen LogP contribution in [-0.4, -0.2) is 16.6 Å². The van der Waals surface area contributed by atoms with Gasteiger partial charge < -0.3 is 8.85 Å². The molecule has 0 heterocycles. The molecule has 0 saturated carbocycles. The van der Waals surface area contributed by atoms with Crippen molar-refractivity contribution < 1.29 is 17.6 Å². The smallest absolute Gasteiger partial charge is 0.192 e. The van der Waals surface area contributed by atoms with E-state index in [1.54, 1.807) is 12.1 Å². The van der Waals surface area contributed by atoms with Crippen LogP contribution < -0.4 is 0 Å². The van der Waals surface area contributed by atoms with E-state index in [2.05, 4.69) is 99.6 Å². The quantitative estimate of drug-likeness (QED) is 0.289. The Morgan fingerprint density at radius 2 is 0.951 bits per heavy atom. The van der Waals surface area contributed by atoms with Crippen molar-refractivity contribution in [2.24, 2.45) is 0 Å². The van der Waals surface area contributed by atoms with Gasteiger partial charge in [-0.15, -0.1) is 0 Å². The summed E-state index contributed by atoms with van der Waals surface area (Å²) in [6.07, 6.45) is 3.42. The Morgan fingerprint density at radius 3 is 1.22 bits per heavy atom. The molecule has 0 bridgehead atoms. The molecule has 2 nitrogen and oxygen atoms in total. The summed E-state index contributed by atoms with van der Waals surface area (Å²) >= 11 is 7.03. The molecule has 0 spiro atoms. The van der Waals surface area contributed by atoms with Crippen molar-refractivity contribution in [2.75, 3.05) is 0 Å². The second kappa shape index (κ2) is 14.8. The maximum atomic E-state index is 14.1. The van der Waals surface area contributed by atoms with E-state index in [0.717, 1.165) is 56.9 Å². The first-order chi connectivity index (χ1) is 17.3. The molecule has 0 aromatic heterocycles. The van der Waals surface area contributed by atoms with Crippen LogP contribution in [0.1, 0.15) is 104 Å². The summed E-state index contributed by atoms with van der Waals surface area (Å²) in [4.78, 5) is 0. The SMILES string of the molecule is C.C.CC(C)(C)[Si](C)(C)O[C@H]1CCc2c(Br)ccc(F)c21.CC(C)(C)[Si](C)(C)O[C@H]1CCc2c(Br)ccc(F)c21.S. The molecule has 0 aliphatic heterocycles. The lowest BCUT2D eigenvalue weighted by Gasteiger charge is -2.38. The Balaban J connectivity index is 0.000000727. The number of benzene rings is 2. The van der Waals surface area contributed by atoms with Gasteiger partial charge in [0.1, 0.15) is 11.6 Å². The highest BCUT2D eigenvalue weighted by Crippen LogP contribution is 2.47. The predicted molar refractivity (Wildman–Crippen MR) is 191 cm³/mol. The molecule has 4 rings (SSSR count). The zero-order chi connectivity index (χ0) is 28.8. The van der Waals surface area contributed by atoms with Crippen LogP contribution in [0.5, 0.6) is 0 Å². The summed E-state index contributed by atoms with van der Waals surface area (Å²) in [7, 11) is -3.72. The normalized spacial score (nSPS) is 18.2. The van der Waals surface area contributed by atoms with Crippen LogP contribution in [0.2, 0.25) is 36.3 Å². The first kappa shape index (κ1) is 41.0. The third-order valence-corrected chi connectivity index (χ3v) is 19.4. The molecule has 0 radical (unpaired) electrons. The van der Waals surface area contributed by atoms with Gasteiger partial charge in [-0.1, -0.05) is 88.3 Å². The Hall–Kier alpha value is -0.0362. The van der Waals surface area contributed by atoms with E-state index in [9.17, 15) is 8.78 Å². The highest BCUT2D eigenvalue weighted by Gasteiger charge is 2.43. The van der Waals surface area contributed by atoms with Crippen molar-refractivity contribution in [3.05, 3.63) is 67.1 Å². The number of halogens is 4. The Morgan fingerprint density at radius 1 is 0.659 bits per heavy atom. The minimum absolute atomic E-state index is 0. The standard InChI is InChI=1S/2C15H22BrFOSi.2CH4.H2S/c2*1-15(2,3)19(4,5)18-13-9-6-10-11(16)7-8-12(17)14(10)13;;;/h2*7-8,13H,6,9H2,1-5H3;2*1H4;1H2/t2*13-;;;/m00.../s1. The first-order valence-electron chi connectivity index (χ1n) is 13.6. The Labute approximate surface area is 275 Å². The van der Waals surface area contributed by atoms with Gasteiger partial charge in [0, 0.05) is 20.1 Å². The number of fused-ring (bicyclic) bond motifs is 2. The molecule has 236 valence electrons. The van der Waals surface area contributed by atoms with Gasteiger partial charge in [0.15, 0.2) is 16.6 Å². The van der Waals surface area contributed by atoms with Crippen LogP contribution in [0, 0.1) is 11.6 Å². The lowest BCUT2D eigenvalue weighted by molar-refractivity contribution is 0.181. The van der Waals surface area contributed by atoms with Crippen molar-refractivity contribution in [3.8, 4) is 0 Å². The highest BCUT2D eigenvalue weighted by molar-refractivity contribution is 9.10. The Bertz CT molecular complexity index is 1090. The Kier molecular flexibility index (Phi) is 14.8. The second-order valence-electron chi connectivity index (χ2n) is 13.7. The third-order valence-electron chi connectivity index (χ3n) is 8.94. The number of hydrogen-bond donors (Lipinski definition) is 0. The minimum Gasteiger partial charge on any atom is -0.410 e. The highest BCUT2D eigenvalue weighted by atomic mass is 79.9. The van der Waals surface area contributed by atoms with Gasteiger partial charge in [0.05, 0.1) is 12.2 Å². The molecule has 0 fully saturated rings. The summed E-state index contributed by atoms with van der Waals surface area (Å²) in [6.45, 7) is 22.2. The lowest BCUT2D eigenvalue weighted by Crippen LogP contribution is -2.41. The molecule has 0 saturated heterocycles. The maximum Gasteiger partial charge on any atom is 0.192 e. The minimum atomic E-state index is -1.86. The van der Waals surface area contributed by atoms with Crippen LogP contribution in [0.3, 0.4) is 0 Å². The molecular weight excluding hydrogens is 702 g/mol. The first-order valence-corrected chi connectivity index (χ1v) is 21.0. The van der Waals surface area contributed by atoms with Crippen LogP contribution in [-0.2, 0) is 21.7 Å². The number of rotatable bonds is 4. The van der Waals surface area contributed by atoms with Gasteiger partial charge in [-0.3, -0.25) is 0 Å². The predicted octanol–water partition coefficient (Wildman–Crippen LogP) is 12.6. The van der Waals surface area contributed by atoms with E-state index in [1.807, 2.05) is 0 Å².